The van der Waals surface area contributed by atoms with E-state index in [0.717, 1.165) is 13.0 Å². The molecule has 1 aromatic heterocycles. The highest BCUT2D eigenvalue weighted by molar-refractivity contribution is 5.33. The van der Waals surface area contributed by atoms with Crippen molar-refractivity contribution in [1.29, 1.82) is 0 Å². The SMILES string of the molecule is CCC(Cn1ccc(=O)c(N)c1)OC. The Morgan fingerprint density at radius 2 is 2.36 bits per heavy atom. The number of hydrogen-bond donors (Lipinski definition) is 1. The van der Waals surface area contributed by atoms with Crippen molar-refractivity contribution in [1.82, 2.24) is 4.57 Å². The maximum absolute atomic E-state index is 11.0. The summed E-state index contributed by atoms with van der Waals surface area (Å²) in [5.41, 5.74) is 5.65. The Morgan fingerprint density at radius 3 is 2.86 bits per heavy atom. The van der Waals surface area contributed by atoms with Crippen molar-refractivity contribution in [3.8, 4) is 0 Å². The summed E-state index contributed by atoms with van der Waals surface area (Å²) in [6, 6.07) is 1.47. The standard InChI is InChI=1S/C10H16N2O2/c1-3-8(14-2)6-12-5-4-10(13)9(11)7-12/h4-5,7-8H,3,6,11H2,1-2H3. The van der Waals surface area contributed by atoms with Gasteiger partial charge in [-0.05, 0) is 6.42 Å². The summed E-state index contributed by atoms with van der Waals surface area (Å²) in [5, 5.41) is 0. The van der Waals surface area contributed by atoms with Gasteiger partial charge in [0, 0.05) is 32.1 Å². The number of nitrogen functional groups attached to an aromatic ring is 1. The van der Waals surface area contributed by atoms with Gasteiger partial charge in [-0.1, -0.05) is 6.92 Å². The molecule has 4 heteroatoms. The molecule has 0 saturated heterocycles. The van der Waals surface area contributed by atoms with Crippen LogP contribution in [-0.4, -0.2) is 17.8 Å². The predicted molar refractivity (Wildman–Crippen MR) is 56.2 cm³/mol. The van der Waals surface area contributed by atoms with Crippen LogP contribution in [0.15, 0.2) is 23.3 Å². The van der Waals surface area contributed by atoms with E-state index < -0.39 is 0 Å². The Labute approximate surface area is 83.3 Å². The summed E-state index contributed by atoms with van der Waals surface area (Å²) >= 11 is 0. The van der Waals surface area contributed by atoms with E-state index in [1.54, 1.807) is 19.5 Å². The van der Waals surface area contributed by atoms with Crippen LogP contribution in [0.5, 0.6) is 0 Å². The summed E-state index contributed by atoms with van der Waals surface area (Å²) in [4.78, 5) is 11.0. The van der Waals surface area contributed by atoms with Crippen molar-refractivity contribution in [2.24, 2.45) is 0 Å². The highest BCUT2D eigenvalue weighted by Gasteiger charge is 2.04. The first kappa shape index (κ1) is 10.8. The molecule has 0 aliphatic carbocycles. The van der Waals surface area contributed by atoms with Crippen LogP contribution in [-0.2, 0) is 11.3 Å². The van der Waals surface area contributed by atoms with Crippen molar-refractivity contribution in [3.05, 3.63) is 28.7 Å². The summed E-state index contributed by atoms with van der Waals surface area (Å²) in [5.74, 6) is 0. The maximum atomic E-state index is 11.0. The molecule has 14 heavy (non-hydrogen) atoms. The Bertz CT molecular complexity index is 342. The first-order chi connectivity index (χ1) is 6.67. The molecule has 2 N–H and O–H groups in total. The third-order valence-electron chi connectivity index (χ3n) is 2.21. The first-order valence-electron chi connectivity index (χ1n) is 4.65. The second kappa shape index (κ2) is 4.81. The molecule has 0 radical (unpaired) electrons. The van der Waals surface area contributed by atoms with Gasteiger partial charge in [0.05, 0.1) is 11.8 Å². The third-order valence-corrected chi connectivity index (χ3v) is 2.21. The Kier molecular flexibility index (Phi) is 3.71. The molecule has 78 valence electrons. The zero-order valence-corrected chi connectivity index (χ0v) is 8.56. The number of methoxy groups -OCH3 is 1. The average molecular weight is 196 g/mol. The van der Waals surface area contributed by atoms with Crippen LogP contribution in [0, 0.1) is 0 Å². The lowest BCUT2D eigenvalue weighted by Gasteiger charge is -2.15. The third kappa shape index (κ3) is 2.60. The van der Waals surface area contributed by atoms with E-state index in [2.05, 4.69) is 6.92 Å². The molecule has 0 aliphatic rings. The molecule has 0 saturated carbocycles. The van der Waals surface area contributed by atoms with Crippen molar-refractivity contribution in [2.45, 2.75) is 26.0 Å². The van der Waals surface area contributed by atoms with Gasteiger partial charge in [-0.2, -0.15) is 0 Å². The Morgan fingerprint density at radius 1 is 1.64 bits per heavy atom. The van der Waals surface area contributed by atoms with Crippen LogP contribution < -0.4 is 11.2 Å². The van der Waals surface area contributed by atoms with Crippen molar-refractivity contribution >= 4 is 5.69 Å². The van der Waals surface area contributed by atoms with E-state index in [1.807, 2.05) is 4.57 Å². The van der Waals surface area contributed by atoms with Gasteiger partial charge in [0.25, 0.3) is 0 Å². The topological polar surface area (TPSA) is 57.2 Å². The van der Waals surface area contributed by atoms with Gasteiger partial charge in [-0.25, -0.2) is 0 Å². The van der Waals surface area contributed by atoms with Gasteiger partial charge < -0.3 is 15.0 Å². The van der Waals surface area contributed by atoms with E-state index >= 15 is 0 Å². The molecule has 0 spiro atoms. The molecule has 1 unspecified atom stereocenters. The van der Waals surface area contributed by atoms with E-state index in [9.17, 15) is 4.79 Å². The zero-order chi connectivity index (χ0) is 10.6. The summed E-state index contributed by atoms with van der Waals surface area (Å²) < 4.78 is 7.10. The molecular formula is C10H16N2O2. The fourth-order valence-corrected chi connectivity index (χ4v) is 1.26. The summed E-state index contributed by atoms with van der Waals surface area (Å²) in [6.07, 6.45) is 4.46. The Balaban J connectivity index is 2.77. The van der Waals surface area contributed by atoms with Gasteiger partial charge in [0.15, 0.2) is 0 Å². The van der Waals surface area contributed by atoms with Crippen LogP contribution in [0.2, 0.25) is 0 Å². The van der Waals surface area contributed by atoms with Gasteiger partial charge in [0.1, 0.15) is 0 Å². The molecule has 4 nitrogen and oxygen atoms in total. The first-order valence-corrected chi connectivity index (χ1v) is 4.65. The summed E-state index contributed by atoms with van der Waals surface area (Å²) in [7, 11) is 1.68. The monoisotopic (exact) mass is 196 g/mol. The lowest BCUT2D eigenvalue weighted by molar-refractivity contribution is 0.0846. The number of rotatable bonds is 4. The quantitative estimate of drug-likeness (QED) is 0.776. The van der Waals surface area contributed by atoms with Crippen LogP contribution in [0.25, 0.3) is 0 Å². The number of nitrogens with zero attached hydrogens (tertiary/aromatic N) is 1. The molecule has 0 fully saturated rings. The molecular weight excluding hydrogens is 180 g/mol. The molecule has 0 aromatic carbocycles. The molecule has 0 bridgehead atoms. The molecule has 1 atom stereocenters. The molecule has 1 aromatic rings. The number of nitrogens with two attached hydrogens (primary N) is 1. The van der Waals surface area contributed by atoms with Crippen molar-refractivity contribution in [3.63, 3.8) is 0 Å². The smallest absolute Gasteiger partial charge is 0.204 e. The van der Waals surface area contributed by atoms with Gasteiger partial charge in [-0.15, -0.1) is 0 Å². The average Bonchev–Trinajstić information content (AvgIpc) is 2.19. The highest BCUT2D eigenvalue weighted by Crippen LogP contribution is 2.02. The number of ether oxygens (including phenoxy) is 1. The van der Waals surface area contributed by atoms with Crippen LogP contribution >= 0.6 is 0 Å². The predicted octanol–water partition coefficient (Wildman–Crippen LogP) is 0.856. The number of hydrogen-bond acceptors (Lipinski definition) is 3. The van der Waals surface area contributed by atoms with Crippen molar-refractivity contribution in [2.75, 3.05) is 12.8 Å². The lowest BCUT2D eigenvalue weighted by atomic mass is 10.2. The van der Waals surface area contributed by atoms with E-state index in [4.69, 9.17) is 10.5 Å². The van der Waals surface area contributed by atoms with Crippen LogP contribution in [0.3, 0.4) is 0 Å². The van der Waals surface area contributed by atoms with Gasteiger partial charge in [-0.3, -0.25) is 4.79 Å². The normalized spacial score (nSPS) is 12.7. The highest BCUT2D eigenvalue weighted by atomic mass is 16.5. The fraction of sp³-hybridized carbons (Fsp3) is 0.500. The second-order valence-corrected chi connectivity index (χ2v) is 3.23. The molecule has 1 heterocycles. The van der Waals surface area contributed by atoms with E-state index in [0.29, 0.717) is 0 Å². The number of anilines is 1. The van der Waals surface area contributed by atoms with E-state index in [1.165, 1.54) is 6.07 Å². The minimum absolute atomic E-state index is 0.133. The minimum atomic E-state index is -0.133. The second-order valence-electron chi connectivity index (χ2n) is 3.23. The Hall–Kier alpha value is -1.29. The largest absolute Gasteiger partial charge is 0.394 e. The molecule has 1 rings (SSSR count). The summed E-state index contributed by atoms with van der Waals surface area (Å²) in [6.45, 7) is 2.78. The number of aromatic nitrogens is 1. The minimum Gasteiger partial charge on any atom is -0.394 e. The molecule has 0 amide bonds. The van der Waals surface area contributed by atoms with Crippen LogP contribution in [0.4, 0.5) is 5.69 Å². The van der Waals surface area contributed by atoms with E-state index in [-0.39, 0.29) is 17.2 Å². The lowest BCUT2D eigenvalue weighted by Crippen LogP contribution is -2.19. The van der Waals surface area contributed by atoms with Crippen LogP contribution in [0.1, 0.15) is 13.3 Å². The number of pyridine rings is 1. The fourth-order valence-electron chi connectivity index (χ4n) is 1.26. The van der Waals surface area contributed by atoms with Crippen molar-refractivity contribution < 1.29 is 4.74 Å². The molecule has 0 aliphatic heterocycles. The van der Waals surface area contributed by atoms with Gasteiger partial charge in [0.2, 0.25) is 5.43 Å². The zero-order valence-electron chi connectivity index (χ0n) is 8.56. The maximum Gasteiger partial charge on any atom is 0.204 e. The van der Waals surface area contributed by atoms with Gasteiger partial charge >= 0.3 is 0 Å².